The molecule has 0 atom stereocenters. The Hall–Kier alpha value is -3.26. The first kappa shape index (κ1) is 27.8. The largest absolute Gasteiger partial charge is 0.340 e. The molecule has 0 aliphatic rings. The smallest absolute Gasteiger partial charge is 0.0603 e. The quantitative estimate of drug-likeness (QED) is 0.150. The van der Waals surface area contributed by atoms with Gasteiger partial charge in [-0.05, 0) is 64.6 Å². The molecule has 1 heterocycles. The maximum atomic E-state index is 4.85. The number of imidazole rings is 1. The van der Waals surface area contributed by atoms with Crippen molar-refractivity contribution in [1.82, 2.24) is 9.55 Å². The first-order chi connectivity index (χ1) is 18.0. The van der Waals surface area contributed by atoms with E-state index in [1.165, 1.54) is 39.1 Å². The predicted molar refractivity (Wildman–Crippen MR) is 156 cm³/mol. The van der Waals surface area contributed by atoms with E-state index in [4.69, 9.17) is 4.98 Å². The molecule has 0 aliphatic carbocycles. The number of hydrogen-bond donors (Lipinski definition) is 0. The monoisotopic (exact) mass is 676 g/mol. The van der Waals surface area contributed by atoms with E-state index in [9.17, 15) is 0 Å². The van der Waals surface area contributed by atoms with Crippen LogP contribution in [0.25, 0.3) is 39.3 Å². The summed E-state index contributed by atoms with van der Waals surface area (Å²) in [6.07, 6.45) is 6.05. The molecule has 0 N–H and O–H groups in total. The number of nitrogens with zero attached hydrogens (tertiary/aromatic N) is 2. The van der Waals surface area contributed by atoms with Crippen molar-refractivity contribution in [2.75, 3.05) is 0 Å². The van der Waals surface area contributed by atoms with Crippen LogP contribution in [0.15, 0.2) is 103 Å². The summed E-state index contributed by atoms with van der Waals surface area (Å²) < 4.78 is 2.30. The van der Waals surface area contributed by atoms with E-state index in [0.717, 1.165) is 24.2 Å². The third-order valence-electron chi connectivity index (χ3n) is 6.66. The molecule has 0 aliphatic heterocycles. The standard InChI is InChI=1S/C35H35N2.Ir/c1-25(2)20-32-23-31(28-14-9-6-10-15-28)24-33(21-26(3)4)34(32)37-19-18-36-35(37)30-17-11-16-29(22-30)27-12-7-5-8-13-27;/h5-16,18-19,22-26H,20-21H2,1-4H3;/q-1;. The molecule has 0 spiro atoms. The summed E-state index contributed by atoms with van der Waals surface area (Å²) in [6, 6.07) is 35.8. The zero-order chi connectivity index (χ0) is 25.8. The van der Waals surface area contributed by atoms with Crippen molar-refractivity contribution in [3.05, 3.63) is 121 Å². The van der Waals surface area contributed by atoms with Gasteiger partial charge in [0.05, 0.1) is 5.82 Å². The van der Waals surface area contributed by atoms with Gasteiger partial charge >= 0.3 is 0 Å². The summed E-state index contributed by atoms with van der Waals surface area (Å²) in [5.74, 6) is 2.01. The van der Waals surface area contributed by atoms with Gasteiger partial charge in [-0.3, -0.25) is 4.98 Å². The summed E-state index contributed by atoms with van der Waals surface area (Å²) >= 11 is 0. The average Bonchev–Trinajstić information content (AvgIpc) is 3.38. The Morgan fingerprint density at radius 1 is 0.684 bits per heavy atom. The van der Waals surface area contributed by atoms with Crippen molar-refractivity contribution in [1.29, 1.82) is 0 Å². The molecule has 38 heavy (non-hydrogen) atoms. The van der Waals surface area contributed by atoms with Crippen LogP contribution in [0, 0.1) is 17.9 Å². The van der Waals surface area contributed by atoms with E-state index in [1.807, 2.05) is 12.3 Å². The zero-order valence-corrected chi connectivity index (χ0v) is 25.0. The van der Waals surface area contributed by atoms with Crippen molar-refractivity contribution in [3.8, 4) is 39.3 Å². The fourth-order valence-electron chi connectivity index (χ4n) is 5.15. The van der Waals surface area contributed by atoms with Gasteiger partial charge in [-0.25, -0.2) is 0 Å². The van der Waals surface area contributed by atoms with Crippen LogP contribution in [-0.4, -0.2) is 9.55 Å². The average molecular weight is 676 g/mol. The number of benzene rings is 4. The fourth-order valence-corrected chi connectivity index (χ4v) is 5.15. The van der Waals surface area contributed by atoms with Gasteiger partial charge in [0.1, 0.15) is 0 Å². The minimum absolute atomic E-state index is 0. The van der Waals surface area contributed by atoms with Crippen molar-refractivity contribution < 1.29 is 20.1 Å². The summed E-state index contributed by atoms with van der Waals surface area (Å²) in [6.45, 7) is 9.19. The molecule has 0 saturated carbocycles. The van der Waals surface area contributed by atoms with Crippen LogP contribution in [0.1, 0.15) is 38.8 Å². The van der Waals surface area contributed by atoms with Crippen LogP contribution in [0.3, 0.4) is 0 Å². The first-order valence-electron chi connectivity index (χ1n) is 13.3. The van der Waals surface area contributed by atoms with Crippen molar-refractivity contribution in [2.45, 2.75) is 40.5 Å². The second-order valence-corrected chi connectivity index (χ2v) is 10.7. The predicted octanol–water partition coefficient (Wildman–Crippen LogP) is 9.07. The molecule has 0 fully saturated rings. The molecule has 2 nitrogen and oxygen atoms in total. The third-order valence-corrected chi connectivity index (χ3v) is 6.66. The molecular formula is C35H35IrN2-. The Labute approximate surface area is 241 Å². The van der Waals surface area contributed by atoms with Crippen LogP contribution >= 0.6 is 0 Å². The topological polar surface area (TPSA) is 17.8 Å². The van der Waals surface area contributed by atoms with Crippen molar-refractivity contribution in [3.63, 3.8) is 0 Å². The minimum Gasteiger partial charge on any atom is -0.340 e. The minimum atomic E-state index is 0. The van der Waals surface area contributed by atoms with Gasteiger partial charge < -0.3 is 4.57 Å². The molecule has 5 rings (SSSR count). The summed E-state index contributed by atoms with van der Waals surface area (Å²) in [4.78, 5) is 4.85. The maximum Gasteiger partial charge on any atom is 0.0603 e. The molecule has 195 valence electrons. The van der Waals surface area contributed by atoms with Crippen molar-refractivity contribution in [2.24, 2.45) is 11.8 Å². The van der Waals surface area contributed by atoms with Crippen LogP contribution in [0.4, 0.5) is 0 Å². The third kappa shape index (κ3) is 6.23. The van der Waals surface area contributed by atoms with Gasteiger partial charge in [0.25, 0.3) is 0 Å². The molecule has 0 amide bonds. The van der Waals surface area contributed by atoms with Gasteiger partial charge in [0.2, 0.25) is 0 Å². The molecule has 0 unspecified atom stereocenters. The molecule has 5 aromatic rings. The summed E-state index contributed by atoms with van der Waals surface area (Å²) in [7, 11) is 0. The van der Waals surface area contributed by atoms with Gasteiger partial charge in [-0.15, -0.1) is 35.4 Å². The molecule has 3 heteroatoms. The van der Waals surface area contributed by atoms with Gasteiger partial charge in [0.15, 0.2) is 0 Å². The van der Waals surface area contributed by atoms with E-state index in [2.05, 4.69) is 129 Å². The van der Waals surface area contributed by atoms with Gasteiger partial charge in [-0.2, -0.15) is 0 Å². The number of rotatable bonds is 8. The summed E-state index contributed by atoms with van der Waals surface area (Å²) in [5, 5.41) is 0. The van der Waals surface area contributed by atoms with Crippen LogP contribution < -0.4 is 0 Å². The van der Waals surface area contributed by atoms with Crippen LogP contribution in [-0.2, 0) is 32.9 Å². The van der Waals surface area contributed by atoms with E-state index in [0.29, 0.717) is 11.8 Å². The zero-order valence-electron chi connectivity index (χ0n) is 22.6. The second-order valence-electron chi connectivity index (χ2n) is 10.7. The number of hydrogen-bond acceptors (Lipinski definition) is 1. The maximum absolute atomic E-state index is 4.85. The Morgan fingerprint density at radius 3 is 1.79 bits per heavy atom. The SMILES string of the molecule is CC(C)Cc1cc(-c2ccccc2)cc(CC(C)C)c1-n1ccnc1-c1[c-]ccc(-c2ccccc2)c1.[Ir]. The second kappa shape index (κ2) is 12.5. The molecule has 0 bridgehead atoms. The molecule has 1 radical (unpaired) electrons. The van der Waals surface area contributed by atoms with E-state index in [1.54, 1.807) is 0 Å². The molecular weight excluding hydrogens is 641 g/mol. The number of aromatic nitrogens is 2. The first-order valence-corrected chi connectivity index (χ1v) is 13.3. The van der Waals surface area contributed by atoms with Crippen LogP contribution in [0.5, 0.6) is 0 Å². The fraction of sp³-hybridized carbons (Fsp3) is 0.229. The molecule has 1 aromatic heterocycles. The van der Waals surface area contributed by atoms with E-state index < -0.39 is 0 Å². The van der Waals surface area contributed by atoms with Crippen LogP contribution in [0.2, 0.25) is 0 Å². The van der Waals surface area contributed by atoms with E-state index >= 15 is 0 Å². The van der Waals surface area contributed by atoms with Gasteiger partial charge in [0, 0.05) is 38.2 Å². The Morgan fingerprint density at radius 2 is 1.24 bits per heavy atom. The Balaban J connectivity index is 0.00000336. The normalized spacial score (nSPS) is 11.1. The molecule has 0 saturated heterocycles. The molecule has 4 aromatic carbocycles. The Kier molecular flexibility index (Phi) is 9.15. The van der Waals surface area contributed by atoms with Crippen molar-refractivity contribution >= 4 is 0 Å². The summed E-state index contributed by atoms with van der Waals surface area (Å²) in [5.41, 5.74) is 9.93. The Bertz CT molecular complexity index is 1440. The van der Waals surface area contributed by atoms with Gasteiger partial charge in [-0.1, -0.05) is 88.4 Å². The van der Waals surface area contributed by atoms with E-state index in [-0.39, 0.29) is 20.1 Å².